The van der Waals surface area contributed by atoms with Crippen molar-refractivity contribution >= 4 is 0 Å². The number of hydrogen-bond acceptors (Lipinski definition) is 5. The largest absolute Gasteiger partial charge is 0.394 e. The highest BCUT2D eigenvalue weighted by Crippen LogP contribution is 1.91. The average molecular weight is 180 g/mol. The molecule has 0 aromatic carbocycles. The molecule has 12 heavy (non-hydrogen) atoms. The van der Waals surface area contributed by atoms with E-state index in [1.54, 1.807) is 0 Å². The lowest BCUT2D eigenvalue weighted by Crippen LogP contribution is -2.26. The molecule has 2 unspecified atom stereocenters. The molecular formula is C7H16O5. The highest BCUT2D eigenvalue weighted by atomic mass is 16.5. The number of aliphatic hydroxyl groups is 3. The van der Waals surface area contributed by atoms with Crippen molar-refractivity contribution in [1.82, 2.24) is 0 Å². The maximum atomic E-state index is 8.84. The Morgan fingerprint density at radius 2 is 1.83 bits per heavy atom. The van der Waals surface area contributed by atoms with Gasteiger partial charge in [-0.05, 0) is 0 Å². The lowest BCUT2D eigenvalue weighted by Gasteiger charge is -2.13. The zero-order chi connectivity index (χ0) is 9.40. The Labute approximate surface area is 71.5 Å². The van der Waals surface area contributed by atoms with Crippen LogP contribution in [0.2, 0.25) is 0 Å². The molecule has 0 aliphatic rings. The third kappa shape index (κ3) is 5.45. The molecule has 0 bridgehead atoms. The van der Waals surface area contributed by atoms with E-state index in [9.17, 15) is 0 Å². The summed E-state index contributed by atoms with van der Waals surface area (Å²) in [5, 5.41) is 25.9. The molecule has 0 fully saturated rings. The highest BCUT2D eigenvalue weighted by molar-refractivity contribution is 4.54. The second-order valence-electron chi connectivity index (χ2n) is 2.41. The maximum absolute atomic E-state index is 8.84. The van der Waals surface area contributed by atoms with Gasteiger partial charge in [0.2, 0.25) is 0 Å². The Hall–Kier alpha value is -0.200. The van der Waals surface area contributed by atoms with Gasteiger partial charge in [0.15, 0.2) is 0 Å². The van der Waals surface area contributed by atoms with Crippen molar-refractivity contribution in [3.05, 3.63) is 0 Å². The van der Waals surface area contributed by atoms with Gasteiger partial charge in [0.05, 0.1) is 26.4 Å². The van der Waals surface area contributed by atoms with E-state index in [2.05, 4.69) is 0 Å². The summed E-state index contributed by atoms with van der Waals surface area (Å²) < 4.78 is 9.73. The lowest BCUT2D eigenvalue weighted by molar-refractivity contribution is -0.0502. The molecule has 0 radical (unpaired) electrons. The van der Waals surface area contributed by atoms with Crippen molar-refractivity contribution in [1.29, 1.82) is 0 Å². The second kappa shape index (κ2) is 7.45. The number of methoxy groups -OCH3 is 1. The summed E-state index contributed by atoms with van der Waals surface area (Å²) in [4.78, 5) is 0. The Kier molecular flexibility index (Phi) is 7.33. The van der Waals surface area contributed by atoms with Crippen molar-refractivity contribution in [2.75, 3.05) is 33.5 Å². The molecule has 0 saturated carbocycles. The highest BCUT2D eigenvalue weighted by Gasteiger charge is 2.07. The Balaban J connectivity index is 3.28. The Bertz CT molecular complexity index is 93.8. The van der Waals surface area contributed by atoms with Crippen molar-refractivity contribution in [3.63, 3.8) is 0 Å². The van der Waals surface area contributed by atoms with Crippen molar-refractivity contribution in [2.45, 2.75) is 12.2 Å². The van der Waals surface area contributed by atoms with Crippen LogP contribution < -0.4 is 0 Å². The van der Waals surface area contributed by atoms with Crippen LogP contribution in [0.1, 0.15) is 0 Å². The van der Waals surface area contributed by atoms with E-state index in [0.717, 1.165) is 0 Å². The first-order chi connectivity index (χ1) is 5.74. The topological polar surface area (TPSA) is 79.2 Å². The maximum Gasteiger partial charge on any atom is 0.103 e. The average Bonchev–Trinajstić information content (AvgIpc) is 2.12. The Morgan fingerprint density at radius 1 is 1.17 bits per heavy atom. The van der Waals surface area contributed by atoms with Crippen molar-refractivity contribution in [2.24, 2.45) is 0 Å². The van der Waals surface area contributed by atoms with Gasteiger partial charge in [0, 0.05) is 7.11 Å². The molecule has 5 heteroatoms. The van der Waals surface area contributed by atoms with Crippen LogP contribution in [-0.2, 0) is 9.47 Å². The predicted molar refractivity (Wildman–Crippen MR) is 41.8 cm³/mol. The zero-order valence-corrected chi connectivity index (χ0v) is 7.14. The summed E-state index contributed by atoms with van der Waals surface area (Å²) >= 11 is 0. The molecule has 0 aromatic heterocycles. The van der Waals surface area contributed by atoms with Gasteiger partial charge < -0.3 is 24.8 Å². The standard InChI is InChI=1S/C7H16O5/c1-11-7(3-9)5-12-4-6(10)2-8/h6-10H,2-5H2,1H3. The van der Waals surface area contributed by atoms with Gasteiger partial charge in [-0.3, -0.25) is 0 Å². The van der Waals surface area contributed by atoms with Gasteiger partial charge in [-0.25, -0.2) is 0 Å². The number of ether oxygens (including phenoxy) is 2. The van der Waals surface area contributed by atoms with E-state index in [0.29, 0.717) is 0 Å². The van der Waals surface area contributed by atoms with Gasteiger partial charge in [-0.1, -0.05) is 0 Å². The van der Waals surface area contributed by atoms with Crippen LogP contribution in [0.15, 0.2) is 0 Å². The van der Waals surface area contributed by atoms with Crippen LogP contribution in [0.25, 0.3) is 0 Å². The molecule has 0 aliphatic heterocycles. The van der Waals surface area contributed by atoms with Crippen LogP contribution in [-0.4, -0.2) is 61.1 Å². The molecule has 0 amide bonds. The number of aliphatic hydroxyl groups excluding tert-OH is 3. The molecule has 0 aliphatic carbocycles. The molecule has 0 spiro atoms. The molecular weight excluding hydrogens is 164 g/mol. The minimum absolute atomic E-state index is 0.0519. The van der Waals surface area contributed by atoms with Crippen LogP contribution in [0.3, 0.4) is 0 Å². The fourth-order valence-corrected chi connectivity index (χ4v) is 0.584. The molecule has 3 N–H and O–H groups in total. The number of rotatable bonds is 7. The first kappa shape index (κ1) is 11.8. The van der Waals surface area contributed by atoms with Gasteiger partial charge in [-0.2, -0.15) is 0 Å². The molecule has 0 rings (SSSR count). The van der Waals surface area contributed by atoms with Crippen LogP contribution in [0, 0.1) is 0 Å². The van der Waals surface area contributed by atoms with Crippen LogP contribution >= 0.6 is 0 Å². The van der Waals surface area contributed by atoms with Crippen LogP contribution in [0.5, 0.6) is 0 Å². The minimum atomic E-state index is -0.860. The third-order valence-electron chi connectivity index (χ3n) is 1.36. The quantitative estimate of drug-likeness (QED) is 0.438. The fraction of sp³-hybridized carbons (Fsp3) is 1.00. The van der Waals surface area contributed by atoms with Gasteiger partial charge in [-0.15, -0.1) is 0 Å². The first-order valence-electron chi connectivity index (χ1n) is 3.74. The van der Waals surface area contributed by atoms with Crippen molar-refractivity contribution in [3.8, 4) is 0 Å². The predicted octanol–water partition coefficient (Wildman–Crippen LogP) is -1.64. The third-order valence-corrected chi connectivity index (χ3v) is 1.36. The first-order valence-corrected chi connectivity index (χ1v) is 3.74. The van der Waals surface area contributed by atoms with Crippen LogP contribution in [0.4, 0.5) is 0 Å². The molecule has 0 saturated heterocycles. The summed E-state index contributed by atoms with van der Waals surface area (Å²) in [6.07, 6.45) is -1.22. The van der Waals surface area contributed by atoms with E-state index in [-0.39, 0.29) is 32.5 Å². The van der Waals surface area contributed by atoms with E-state index < -0.39 is 6.10 Å². The zero-order valence-electron chi connectivity index (χ0n) is 7.14. The molecule has 0 aromatic rings. The van der Waals surface area contributed by atoms with E-state index in [4.69, 9.17) is 24.8 Å². The normalized spacial score (nSPS) is 16.0. The Morgan fingerprint density at radius 3 is 2.25 bits per heavy atom. The minimum Gasteiger partial charge on any atom is -0.394 e. The lowest BCUT2D eigenvalue weighted by atomic mass is 10.4. The monoisotopic (exact) mass is 180 g/mol. The fourth-order valence-electron chi connectivity index (χ4n) is 0.584. The molecule has 2 atom stereocenters. The van der Waals surface area contributed by atoms with Gasteiger partial charge in [0.1, 0.15) is 12.2 Å². The van der Waals surface area contributed by atoms with E-state index in [1.165, 1.54) is 7.11 Å². The molecule has 0 heterocycles. The SMILES string of the molecule is COC(CO)COCC(O)CO. The summed E-state index contributed by atoms with van der Waals surface area (Å²) in [6, 6.07) is 0. The number of hydrogen-bond donors (Lipinski definition) is 3. The van der Waals surface area contributed by atoms with E-state index >= 15 is 0 Å². The summed E-state index contributed by atoms with van der Waals surface area (Å²) in [7, 11) is 1.46. The smallest absolute Gasteiger partial charge is 0.103 e. The molecule has 74 valence electrons. The van der Waals surface area contributed by atoms with E-state index in [1.807, 2.05) is 0 Å². The van der Waals surface area contributed by atoms with Crippen molar-refractivity contribution < 1.29 is 24.8 Å². The summed E-state index contributed by atoms with van der Waals surface area (Å²) in [6.45, 7) is -0.178. The summed E-state index contributed by atoms with van der Waals surface area (Å²) in [5.74, 6) is 0. The molecule has 5 nitrogen and oxygen atoms in total. The van der Waals surface area contributed by atoms with Gasteiger partial charge in [0.25, 0.3) is 0 Å². The summed E-state index contributed by atoms with van der Waals surface area (Å²) in [5.41, 5.74) is 0. The second-order valence-corrected chi connectivity index (χ2v) is 2.41. The van der Waals surface area contributed by atoms with Gasteiger partial charge >= 0.3 is 0 Å².